The van der Waals surface area contributed by atoms with Gasteiger partial charge in [0.1, 0.15) is 0 Å². The maximum atomic E-state index is 12.5. The van der Waals surface area contributed by atoms with Crippen molar-refractivity contribution in [3.8, 4) is 0 Å². The van der Waals surface area contributed by atoms with Gasteiger partial charge in [-0.25, -0.2) is 0 Å². The molecule has 1 amide bonds. The lowest BCUT2D eigenvalue weighted by molar-refractivity contribution is 0.102. The molecule has 1 fully saturated rings. The Morgan fingerprint density at radius 1 is 1.17 bits per heavy atom. The van der Waals surface area contributed by atoms with Crippen LogP contribution in [0.25, 0.3) is 0 Å². The second-order valence-corrected chi connectivity index (χ2v) is 7.39. The van der Waals surface area contributed by atoms with E-state index in [0.29, 0.717) is 18.8 Å². The van der Waals surface area contributed by atoms with Crippen molar-refractivity contribution >= 4 is 55.8 Å². The number of morpholine rings is 1. The molecule has 0 atom stereocenters. The maximum absolute atomic E-state index is 12.5. The van der Waals surface area contributed by atoms with Crippen LogP contribution < -0.4 is 10.2 Å². The molecule has 1 saturated heterocycles. The molecule has 0 spiro atoms. The third-order valence-corrected chi connectivity index (χ3v) is 4.81. The van der Waals surface area contributed by atoms with E-state index < -0.39 is 0 Å². The topological polar surface area (TPSA) is 41.6 Å². The SMILES string of the molecule is O=C(Nc1cc(Br)ccc1N1CCOCC1)c1cccc(I)c1. The van der Waals surface area contributed by atoms with Crippen LogP contribution in [0.15, 0.2) is 46.9 Å². The zero-order chi connectivity index (χ0) is 16.2. The monoisotopic (exact) mass is 486 g/mol. The zero-order valence-electron chi connectivity index (χ0n) is 12.4. The third-order valence-electron chi connectivity index (χ3n) is 3.65. The Morgan fingerprint density at radius 2 is 1.96 bits per heavy atom. The normalized spacial score (nSPS) is 14.6. The van der Waals surface area contributed by atoms with Gasteiger partial charge in [0.2, 0.25) is 0 Å². The molecule has 6 heteroatoms. The molecule has 2 aromatic rings. The van der Waals surface area contributed by atoms with E-state index in [2.05, 4.69) is 48.7 Å². The Kier molecular flexibility index (Phi) is 5.55. The molecule has 1 aliphatic rings. The van der Waals surface area contributed by atoms with Crippen molar-refractivity contribution < 1.29 is 9.53 Å². The van der Waals surface area contributed by atoms with Gasteiger partial charge in [0.25, 0.3) is 5.91 Å². The Hall–Kier alpha value is -1.12. The van der Waals surface area contributed by atoms with Gasteiger partial charge in [-0.1, -0.05) is 22.0 Å². The first-order valence-corrected chi connectivity index (χ1v) is 9.20. The predicted molar refractivity (Wildman–Crippen MR) is 104 cm³/mol. The number of anilines is 2. The molecule has 0 bridgehead atoms. The average molecular weight is 487 g/mol. The van der Waals surface area contributed by atoms with E-state index in [1.807, 2.05) is 42.5 Å². The molecule has 0 unspecified atom stereocenters. The van der Waals surface area contributed by atoms with Crippen molar-refractivity contribution in [2.24, 2.45) is 0 Å². The second kappa shape index (κ2) is 7.63. The van der Waals surface area contributed by atoms with Crippen LogP contribution in [0.4, 0.5) is 11.4 Å². The van der Waals surface area contributed by atoms with Crippen molar-refractivity contribution in [1.29, 1.82) is 0 Å². The van der Waals surface area contributed by atoms with E-state index in [1.165, 1.54) is 0 Å². The van der Waals surface area contributed by atoms with Crippen LogP contribution in [0.3, 0.4) is 0 Å². The average Bonchev–Trinajstić information content (AvgIpc) is 2.56. The number of nitrogens with one attached hydrogen (secondary N) is 1. The number of carbonyl (C=O) groups is 1. The first kappa shape index (κ1) is 16.7. The highest BCUT2D eigenvalue weighted by Gasteiger charge is 2.17. The molecule has 23 heavy (non-hydrogen) atoms. The van der Waals surface area contributed by atoms with Gasteiger partial charge < -0.3 is 15.0 Å². The number of hydrogen-bond acceptors (Lipinski definition) is 3. The summed E-state index contributed by atoms with van der Waals surface area (Å²) < 4.78 is 7.39. The lowest BCUT2D eigenvalue weighted by Crippen LogP contribution is -2.36. The van der Waals surface area contributed by atoms with Gasteiger partial charge in [0, 0.05) is 26.7 Å². The van der Waals surface area contributed by atoms with Gasteiger partial charge in [-0.05, 0) is 59.0 Å². The number of amides is 1. The number of ether oxygens (including phenoxy) is 1. The lowest BCUT2D eigenvalue weighted by Gasteiger charge is -2.30. The van der Waals surface area contributed by atoms with Gasteiger partial charge in [-0.15, -0.1) is 0 Å². The number of nitrogens with zero attached hydrogens (tertiary/aromatic N) is 1. The summed E-state index contributed by atoms with van der Waals surface area (Å²) in [4.78, 5) is 14.8. The van der Waals surface area contributed by atoms with Crippen LogP contribution in [0.1, 0.15) is 10.4 Å². The summed E-state index contributed by atoms with van der Waals surface area (Å²) in [5.74, 6) is -0.101. The van der Waals surface area contributed by atoms with Crippen LogP contribution >= 0.6 is 38.5 Å². The van der Waals surface area contributed by atoms with Crippen LogP contribution in [0.5, 0.6) is 0 Å². The van der Waals surface area contributed by atoms with E-state index >= 15 is 0 Å². The lowest BCUT2D eigenvalue weighted by atomic mass is 10.2. The number of halogens is 2. The minimum atomic E-state index is -0.101. The highest BCUT2D eigenvalue weighted by molar-refractivity contribution is 14.1. The standard InChI is InChI=1S/C17H16BrIN2O2/c18-13-4-5-16(21-6-8-23-9-7-21)15(11-13)20-17(22)12-2-1-3-14(19)10-12/h1-5,10-11H,6-9H2,(H,20,22). The van der Waals surface area contributed by atoms with Gasteiger partial charge in [0.15, 0.2) is 0 Å². The Labute approximate surface area is 157 Å². The van der Waals surface area contributed by atoms with Crippen LogP contribution in [-0.4, -0.2) is 32.2 Å². The summed E-state index contributed by atoms with van der Waals surface area (Å²) in [6.07, 6.45) is 0. The summed E-state index contributed by atoms with van der Waals surface area (Å²) >= 11 is 5.69. The molecule has 0 aliphatic carbocycles. The summed E-state index contributed by atoms with van der Waals surface area (Å²) in [6, 6.07) is 13.5. The van der Waals surface area contributed by atoms with Crippen LogP contribution in [-0.2, 0) is 4.74 Å². The fraction of sp³-hybridized carbons (Fsp3) is 0.235. The third kappa shape index (κ3) is 4.24. The summed E-state index contributed by atoms with van der Waals surface area (Å²) in [7, 11) is 0. The molecule has 0 saturated carbocycles. The smallest absolute Gasteiger partial charge is 0.255 e. The zero-order valence-corrected chi connectivity index (χ0v) is 16.1. The number of carbonyl (C=O) groups excluding carboxylic acids is 1. The highest BCUT2D eigenvalue weighted by Crippen LogP contribution is 2.30. The Bertz CT molecular complexity index is 717. The van der Waals surface area contributed by atoms with E-state index in [9.17, 15) is 4.79 Å². The summed E-state index contributed by atoms with van der Waals surface area (Å²) in [6.45, 7) is 3.07. The van der Waals surface area contributed by atoms with Gasteiger partial charge in [0.05, 0.1) is 24.6 Å². The first-order chi connectivity index (χ1) is 11.1. The van der Waals surface area contributed by atoms with E-state index in [1.54, 1.807) is 0 Å². The molecule has 0 aromatic heterocycles. The molecule has 1 N–H and O–H groups in total. The summed E-state index contributed by atoms with van der Waals surface area (Å²) in [5.41, 5.74) is 2.49. The molecule has 1 heterocycles. The van der Waals surface area contributed by atoms with Crippen molar-refractivity contribution in [3.63, 3.8) is 0 Å². The van der Waals surface area contributed by atoms with Crippen molar-refractivity contribution in [2.45, 2.75) is 0 Å². The van der Waals surface area contributed by atoms with E-state index in [-0.39, 0.29) is 5.91 Å². The number of hydrogen-bond donors (Lipinski definition) is 1. The Morgan fingerprint density at radius 3 is 2.70 bits per heavy atom. The largest absolute Gasteiger partial charge is 0.378 e. The molecule has 120 valence electrons. The molecule has 0 radical (unpaired) electrons. The highest BCUT2D eigenvalue weighted by atomic mass is 127. The minimum absolute atomic E-state index is 0.101. The molecule has 4 nitrogen and oxygen atoms in total. The second-order valence-electron chi connectivity index (χ2n) is 5.23. The Balaban J connectivity index is 1.86. The van der Waals surface area contributed by atoms with Gasteiger partial charge in [-0.3, -0.25) is 4.79 Å². The fourth-order valence-electron chi connectivity index (χ4n) is 2.51. The van der Waals surface area contributed by atoms with Crippen molar-refractivity contribution in [3.05, 3.63) is 56.1 Å². The van der Waals surface area contributed by atoms with E-state index in [0.717, 1.165) is 32.5 Å². The van der Waals surface area contributed by atoms with Crippen LogP contribution in [0.2, 0.25) is 0 Å². The van der Waals surface area contributed by atoms with Gasteiger partial charge in [-0.2, -0.15) is 0 Å². The molecule has 2 aromatic carbocycles. The number of benzene rings is 2. The minimum Gasteiger partial charge on any atom is -0.378 e. The molecular weight excluding hydrogens is 471 g/mol. The maximum Gasteiger partial charge on any atom is 0.255 e. The molecule has 3 rings (SSSR count). The first-order valence-electron chi connectivity index (χ1n) is 7.32. The number of rotatable bonds is 3. The molecule has 1 aliphatic heterocycles. The van der Waals surface area contributed by atoms with Gasteiger partial charge >= 0.3 is 0 Å². The van der Waals surface area contributed by atoms with Crippen LogP contribution in [0, 0.1) is 3.57 Å². The molecular formula is C17H16BrIN2O2. The van der Waals surface area contributed by atoms with E-state index in [4.69, 9.17) is 4.74 Å². The van der Waals surface area contributed by atoms with Crippen molar-refractivity contribution in [2.75, 3.05) is 36.5 Å². The predicted octanol–water partition coefficient (Wildman–Crippen LogP) is 4.14. The van der Waals surface area contributed by atoms with Crippen molar-refractivity contribution in [1.82, 2.24) is 0 Å². The fourth-order valence-corrected chi connectivity index (χ4v) is 3.42. The summed E-state index contributed by atoms with van der Waals surface area (Å²) in [5, 5.41) is 3.04. The quantitative estimate of drug-likeness (QED) is 0.663.